The Morgan fingerprint density at radius 3 is 2.87 bits per heavy atom. The summed E-state index contributed by atoms with van der Waals surface area (Å²) >= 11 is 0. The Hall–Kier alpha value is -1.46. The van der Waals surface area contributed by atoms with Crippen LogP contribution in [0.15, 0.2) is 24.5 Å². The van der Waals surface area contributed by atoms with Crippen molar-refractivity contribution in [3.05, 3.63) is 30.1 Å². The molecule has 3 rings (SSSR count). The molecule has 0 radical (unpaired) electrons. The van der Waals surface area contributed by atoms with Gasteiger partial charge in [-0.1, -0.05) is 0 Å². The van der Waals surface area contributed by atoms with Crippen LogP contribution in [-0.4, -0.2) is 66.6 Å². The molecule has 1 atom stereocenters. The van der Waals surface area contributed by atoms with E-state index in [1.165, 1.54) is 18.4 Å². The van der Waals surface area contributed by atoms with Crippen molar-refractivity contribution in [2.24, 2.45) is 5.92 Å². The van der Waals surface area contributed by atoms with E-state index in [4.69, 9.17) is 4.74 Å². The summed E-state index contributed by atoms with van der Waals surface area (Å²) in [6, 6.07) is 3.95. The maximum absolute atomic E-state index is 12.4. The smallest absolute Gasteiger partial charge is 0.223 e. The van der Waals surface area contributed by atoms with E-state index in [1.807, 2.05) is 17.0 Å². The lowest BCUT2D eigenvalue weighted by Gasteiger charge is -2.35. The first kappa shape index (κ1) is 16.4. The van der Waals surface area contributed by atoms with Gasteiger partial charge in [0.2, 0.25) is 5.91 Å². The molecule has 1 aliphatic heterocycles. The van der Waals surface area contributed by atoms with E-state index in [0.717, 1.165) is 38.5 Å². The minimum absolute atomic E-state index is 0.150. The Labute approximate surface area is 138 Å². The Morgan fingerprint density at radius 2 is 2.13 bits per heavy atom. The van der Waals surface area contributed by atoms with Gasteiger partial charge < -0.3 is 14.5 Å². The van der Waals surface area contributed by atoms with Gasteiger partial charge in [0.15, 0.2) is 0 Å². The highest BCUT2D eigenvalue weighted by Crippen LogP contribution is 2.29. The summed E-state index contributed by atoms with van der Waals surface area (Å²) in [5, 5.41) is 0. The van der Waals surface area contributed by atoms with E-state index < -0.39 is 0 Å². The third-order valence-electron chi connectivity index (χ3n) is 4.65. The van der Waals surface area contributed by atoms with Crippen molar-refractivity contribution in [3.63, 3.8) is 0 Å². The Bertz CT molecular complexity index is 504. The lowest BCUT2D eigenvalue weighted by atomic mass is 10.1. The lowest BCUT2D eigenvalue weighted by Crippen LogP contribution is -2.49. The second kappa shape index (κ2) is 7.88. The number of hydrogen-bond donors (Lipinski definition) is 0. The molecule has 0 spiro atoms. The lowest BCUT2D eigenvalue weighted by molar-refractivity contribution is -0.139. The number of rotatable bonds is 7. The van der Waals surface area contributed by atoms with Crippen molar-refractivity contribution < 1.29 is 9.53 Å². The number of aromatic nitrogens is 1. The number of ether oxygens (including phenoxy) is 1. The van der Waals surface area contributed by atoms with E-state index in [9.17, 15) is 4.79 Å². The molecule has 126 valence electrons. The molecule has 1 saturated carbocycles. The summed E-state index contributed by atoms with van der Waals surface area (Å²) in [5.41, 5.74) is 1.17. The normalized spacial score (nSPS) is 21.7. The maximum atomic E-state index is 12.4. The van der Waals surface area contributed by atoms with Gasteiger partial charge in [0.25, 0.3) is 0 Å². The van der Waals surface area contributed by atoms with Crippen LogP contribution in [0.4, 0.5) is 0 Å². The molecule has 1 amide bonds. The first-order valence-electron chi connectivity index (χ1n) is 8.67. The number of aryl methyl sites for hydroxylation is 1. The molecule has 1 aromatic rings. The quantitative estimate of drug-likeness (QED) is 0.766. The summed E-state index contributed by atoms with van der Waals surface area (Å²) < 4.78 is 5.85. The van der Waals surface area contributed by atoms with Crippen molar-refractivity contribution in [2.75, 3.05) is 39.8 Å². The van der Waals surface area contributed by atoms with Crippen LogP contribution in [0.2, 0.25) is 0 Å². The van der Waals surface area contributed by atoms with Gasteiger partial charge in [-0.15, -0.1) is 0 Å². The number of nitrogens with zero attached hydrogens (tertiary/aromatic N) is 3. The zero-order valence-electron chi connectivity index (χ0n) is 14.0. The van der Waals surface area contributed by atoms with Gasteiger partial charge in [0, 0.05) is 45.0 Å². The van der Waals surface area contributed by atoms with Gasteiger partial charge in [-0.05, 0) is 49.9 Å². The Morgan fingerprint density at radius 1 is 1.35 bits per heavy atom. The number of carbonyl (C=O) groups is 1. The van der Waals surface area contributed by atoms with Gasteiger partial charge in [0.05, 0.1) is 12.7 Å². The van der Waals surface area contributed by atoms with Gasteiger partial charge in [-0.2, -0.15) is 0 Å². The first-order chi connectivity index (χ1) is 11.2. The van der Waals surface area contributed by atoms with Crippen molar-refractivity contribution in [3.8, 4) is 0 Å². The average molecular weight is 317 g/mol. The van der Waals surface area contributed by atoms with Crippen LogP contribution in [0.25, 0.3) is 0 Å². The molecule has 1 aliphatic carbocycles. The van der Waals surface area contributed by atoms with Gasteiger partial charge in [0.1, 0.15) is 0 Å². The number of amides is 1. The molecule has 1 aromatic heterocycles. The number of carbonyl (C=O) groups excluding carboxylic acids is 1. The zero-order chi connectivity index (χ0) is 16.1. The summed E-state index contributed by atoms with van der Waals surface area (Å²) in [5.74, 6) is 1.13. The van der Waals surface area contributed by atoms with E-state index >= 15 is 0 Å². The van der Waals surface area contributed by atoms with E-state index in [0.29, 0.717) is 13.0 Å². The van der Waals surface area contributed by atoms with Gasteiger partial charge in [-0.25, -0.2) is 0 Å². The van der Waals surface area contributed by atoms with Crippen LogP contribution in [0.3, 0.4) is 0 Å². The zero-order valence-corrected chi connectivity index (χ0v) is 14.0. The number of likely N-dealkylation sites (N-methyl/N-ethyl adjacent to an activating group) is 1. The number of hydrogen-bond acceptors (Lipinski definition) is 4. The van der Waals surface area contributed by atoms with Gasteiger partial charge >= 0.3 is 0 Å². The van der Waals surface area contributed by atoms with Crippen LogP contribution >= 0.6 is 0 Å². The Balaban J connectivity index is 1.42. The average Bonchev–Trinajstić information content (AvgIpc) is 3.37. The fraction of sp³-hybridized carbons (Fsp3) is 0.667. The summed E-state index contributed by atoms with van der Waals surface area (Å²) in [6.07, 6.45) is 7.79. The minimum Gasteiger partial charge on any atom is -0.373 e. The Kier molecular flexibility index (Phi) is 5.62. The molecule has 0 bridgehead atoms. The molecule has 2 aliphatic rings. The minimum atomic E-state index is 0.150. The summed E-state index contributed by atoms with van der Waals surface area (Å²) in [7, 11) is 2.16. The third-order valence-corrected chi connectivity index (χ3v) is 4.65. The summed E-state index contributed by atoms with van der Waals surface area (Å²) in [6.45, 7) is 4.19. The second-order valence-electron chi connectivity index (χ2n) is 6.85. The predicted octanol–water partition coefficient (Wildman–Crippen LogP) is 1.58. The molecule has 2 heterocycles. The predicted molar refractivity (Wildman–Crippen MR) is 89.1 cm³/mol. The molecule has 5 nitrogen and oxygen atoms in total. The third kappa shape index (κ3) is 5.29. The molecule has 5 heteroatoms. The molecule has 1 saturated heterocycles. The van der Waals surface area contributed by atoms with E-state index in [2.05, 4.69) is 16.9 Å². The van der Waals surface area contributed by atoms with Crippen LogP contribution in [0, 0.1) is 5.92 Å². The van der Waals surface area contributed by atoms with Crippen LogP contribution < -0.4 is 0 Å². The molecule has 0 aromatic carbocycles. The second-order valence-corrected chi connectivity index (χ2v) is 6.85. The van der Waals surface area contributed by atoms with Crippen molar-refractivity contribution in [1.29, 1.82) is 0 Å². The monoisotopic (exact) mass is 317 g/mol. The van der Waals surface area contributed by atoms with Crippen molar-refractivity contribution in [1.82, 2.24) is 14.8 Å². The van der Waals surface area contributed by atoms with Crippen molar-refractivity contribution >= 4 is 5.91 Å². The SMILES string of the molecule is CN(CC1CC1)C[C@@H]1CN(C(=O)CCc2ccncc2)CCO1. The highest BCUT2D eigenvalue weighted by molar-refractivity contribution is 5.76. The maximum Gasteiger partial charge on any atom is 0.223 e. The molecule has 0 N–H and O–H groups in total. The standard InChI is InChI=1S/C18H27N3O2/c1-20(12-16-2-3-16)13-17-14-21(10-11-23-17)18(22)5-4-15-6-8-19-9-7-15/h6-9,16-17H,2-5,10-14H2,1H3/t17-/m1/s1. The van der Waals surface area contributed by atoms with Crippen LogP contribution in [-0.2, 0) is 16.0 Å². The fourth-order valence-electron chi connectivity index (χ4n) is 3.18. The number of morpholine rings is 1. The van der Waals surface area contributed by atoms with Crippen molar-refractivity contribution in [2.45, 2.75) is 31.8 Å². The largest absolute Gasteiger partial charge is 0.373 e. The van der Waals surface area contributed by atoms with Crippen LogP contribution in [0.5, 0.6) is 0 Å². The molecule has 2 fully saturated rings. The van der Waals surface area contributed by atoms with E-state index in [-0.39, 0.29) is 12.0 Å². The molecule has 0 unspecified atom stereocenters. The molecular formula is C18H27N3O2. The molecule has 23 heavy (non-hydrogen) atoms. The van der Waals surface area contributed by atoms with Gasteiger partial charge in [-0.3, -0.25) is 9.78 Å². The van der Waals surface area contributed by atoms with Crippen LogP contribution in [0.1, 0.15) is 24.8 Å². The summed E-state index contributed by atoms with van der Waals surface area (Å²) in [4.78, 5) is 20.8. The van der Waals surface area contributed by atoms with E-state index in [1.54, 1.807) is 12.4 Å². The topological polar surface area (TPSA) is 45.7 Å². The highest BCUT2D eigenvalue weighted by atomic mass is 16.5. The highest BCUT2D eigenvalue weighted by Gasteiger charge is 2.27. The first-order valence-corrected chi connectivity index (χ1v) is 8.67. The molecular weight excluding hydrogens is 290 g/mol. The fourth-order valence-corrected chi connectivity index (χ4v) is 3.18. The number of pyridine rings is 1.